The van der Waals surface area contributed by atoms with Crippen molar-refractivity contribution in [2.45, 2.75) is 12.3 Å². The first kappa shape index (κ1) is 12.2. The summed E-state index contributed by atoms with van der Waals surface area (Å²) in [5.41, 5.74) is 3.96. The lowest BCUT2D eigenvalue weighted by molar-refractivity contribution is 0.357. The molecule has 0 saturated heterocycles. The Morgan fingerprint density at radius 1 is 1.21 bits per heavy atom. The average Bonchev–Trinajstić information content (AvgIpc) is 2.93. The molecule has 1 aromatic heterocycles. The van der Waals surface area contributed by atoms with Crippen LogP contribution in [0.15, 0.2) is 42.7 Å². The SMILES string of the molecule is CNCC(c1ccncc1)c1ccc2c(c1)CCO2. The minimum Gasteiger partial charge on any atom is -0.493 e. The van der Waals surface area contributed by atoms with Gasteiger partial charge < -0.3 is 10.1 Å². The van der Waals surface area contributed by atoms with Gasteiger partial charge in [-0.2, -0.15) is 0 Å². The third-order valence-electron chi connectivity index (χ3n) is 3.63. The van der Waals surface area contributed by atoms with Gasteiger partial charge in [-0.05, 0) is 41.9 Å². The number of hydrogen-bond donors (Lipinski definition) is 1. The van der Waals surface area contributed by atoms with Crippen LogP contribution in [0.3, 0.4) is 0 Å². The summed E-state index contributed by atoms with van der Waals surface area (Å²) in [5, 5.41) is 3.28. The van der Waals surface area contributed by atoms with Crippen molar-refractivity contribution in [3.8, 4) is 5.75 Å². The monoisotopic (exact) mass is 254 g/mol. The number of ether oxygens (including phenoxy) is 1. The first-order chi connectivity index (χ1) is 9.38. The Morgan fingerprint density at radius 2 is 2.05 bits per heavy atom. The van der Waals surface area contributed by atoms with Crippen molar-refractivity contribution >= 4 is 0 Å². The van der Waals surface area contributed by atoms with Crippen LogP contribution in [-0.2, 0) is 6.42 Å². The van der Waals surface area contributed by atoms with Gasteiger partial charge in [0.2, 0.25) is 0 Å². The second-order valence-corrected chi connectivity index (χ2v) is 4.86. The molecule has 0 amide bonds. The molecule has 1 unspecified atom stereocenters. The van der Waals surface area contributed by atoms with Crippen molar-refractivity contribution in [1.82, 2.24) is 10.3 Å². The van der Waals surface area contributed by atoms with E-state index < -0.39 is 0 Å². The molecule has 1 aliphatic rings. The number of benzene rings is 1. The zero-order valence-corrected chi connectivity index (χ0v) is 11.1. The molecule has 0 radical (unpaired) electrons. The van der Waals surface area contributed by atoms with Gasteiger partial charge in [-0.1, -0.05) is 12.1 Å². The van der Waals surface area contributed by atoms with E-state index in [0.717, 1.165) is 25.3 Å². The van der Waals surface area contributed by atoms with Crippen molar-refractivity contribution in [1.29, 1.82) is 0 Å². The number of pyridine rings is 1. The standard InChI is InChI=1S/C16H18N2O/c1-17-11-15(12-4-7-18-8-5-12)13-2-3-16-14(10-13)6-9-19-16/h2-5,7-8,10,15,17H,6,9,11H2,1H3. The Labute approximate surface area is 113 Å². The molecule has 3 nitrogen and oxygen atoms in total. The molecule has 1 aliphatic heterocycles. The molecule has 1 N–H and O–H groups in total. The van der Waals surface area contributed by atoms with E-state index in [1.807, 2.05) is 19.4 Å². The fourth-order valence-electron chi connectivity index (χ4n) is 2.65. The number of nitrogens with zero attached hydrogens (tertiary/aromatic N) is 1. The first-order valence-corrected chi connectivity index (χ1v) is 6.68. The predicted octanol–water partition coefficient (Wildman–Crippen LogP) is 2.37. The van der Waals surface area contributed by atoms with E-state index in [2.05, 4.69) is 40.6 Å². The third-order valence-corrected chi connectivity index (χ3v) is 3.63. The molecule has 0 aliphatic carbocycles. The molecule has 2 heterocycles. The zero-order valence-electron chi connectivity index (χ0n) is 11.1. The van der Waals surface area contributed by atoms with Crippen LogP contribution in [-0.4, -0.2) is 25.2 Å². The van der Waals surface area contributed by atoms with Gasteiger partial charge in [-0.15, -0.1) is 0 Å². The Hall–Kier alpha value is -1.87. The summed E-state index contributed by atoms with van der Waals surface area (Å²) in [4.78, 5) is 4.10. The van der Waals surface area contributed by atoms with Gasteiger partial charge >= 0.3 is 0 Å². The van der Waals surface area contributed by atoms with Crippen molar-refractivity contribution < 1.29 is 4.74 Å². The van der Waals surface area contributed by atoms with Crippen LogP contribution in [0.5, 0.6) is 5.75 Å². The van der Waals surface area contributed by atoms with Gasteiger partial charge in [0.25, 0.3) is 0 Å². The van der Waals surface area contributed by atoms with E-state index in [9.17, 15) is 0 Å². The molecule has 1 atom stereocenters. The maximum absolute atomic E-state index is 5.57. The summed E-state index contributed by atoms with van der Waals surface area (Å²) in [7, 11) is 1.99. The molecule has 0 spiro atoms. The quantitative estimate of drug-likeness (QED) is 0.909. The maximum Gasteiger partial charge on any atom is 0.122 e. The number of likely N-dealkylation sites (N-methyl/N-ethyl adjacent to an activating group) is 1. The molecule has 0 fully saturated rings. The molecule has 0 saturated carbocycles. The predicted molar refractivity (Wildman–Crippen MR) is 75.6 cm³/mol. The van der Waals surface area contributed by atoms with Crippen molar-refractivity contribution in [2.75, 3.05) is 20.2 Å². The highest BCUT2D eigenvalue weighted by Crippen LogP contribution is 2.31. The highest BCUT2D eigenvalue weighted by atomic mass is 16.5. The van der Waals surface area contributed by atoms with Gasteiger partial charge in [-0.3, -0.25) is 4.98 Å². The molecular formula is C16H18N2O. The Morgan fingerprint density at radius 3 is 2.84 bits per heavy atom. The third kappa shape index (κ3) is 2.47. The maximum atomic E-state index is 5.57. The molecule has 98 valence electrons. The smallest absolute Gasteiger partial charge is 0.122 e. The topological polar surface area (TPSA) is 34.2 Å². The summed E-state index contributed by atoms with van der Waals surface area (Å²) in [6, 6.07) is 10.7. The van der Waals surface area contributed by atoms with E-state index in [1.165, 1.54) is 16.7 Å². The zero-order chi connectivity index (χ0) is 13.1. The van der Waals surface area contributed by atoms with E-state index in [0.29, 0.717) is 5.92 Å². The summed E-state index contributed by atoms with van der Waals surface area (Å²) >= 11 is 0. The van der Waals surface area contributed by atoms with Crippen LogP contribution in [0, 0.1) is 0 Å². The van der Waals surface area contributed by atoms with E-state index in [4.69, 9.17) is 4.74 Å². The number of rotatable bonds is 4. The van der Waals surface area contributed by atoms with Gasteiger partial charge in [0, 0.05) is 31.3 Å². The lowest BCUT2D eigenvalue weighted by atomic mass is 9.90. The first-order valence-electron chi connectivity index (χ1n) is 6.68. The van der Waals surface area contributed by atoms with Crippen LogP contribution in [0.4, 0.5) is 0 Å². The van der Waals surface area contributed by atoms with E-state index >= 15 is 0 Å². The molecule has 19 heavy (non-hydrogen) atoms. The number of hydrogen-bond acceptors (Lipinski definition) is 3. The van der Waals surface area contributed by atoms with Gasteiger partial charge in [0.15, 0.2) is 0 Å². The normalized spacial score (nSPS) is 14.8. The van der Waals surface area contributed by atoms with E-state index in [1.54, 1.807) is 0 Å². The van der Waals surface area contributed by atoms with Crippen LogP contribution in [0.2, 0.25) is 0 Å². The van der Waals surface area contributed by atoms with Gasteiger partial charge in [0.1, 0.15) is 5.75 Å². The number of fused-ring (bicyclic) bond motifs is 1. The van der Waals surface area contributed by atoms with Crippen molar-refractivity contribution in [3.05, 3.63) is 59.4 Å². The largest absolute Gasteiger partial charge is 0.493 e. The molecule has 2 aromatic rings. The number of aromatic nitrogens is 1. The van der Waals surface area contributed by atoms with Gasteiger partial charge in [-0.25, -0.2) is 0 Å². The van der Waals surface area contributed by atoms with Crippen LogP contribution in [0.25, 0.3) is 0 Å². The van der Waals surface area contributed by atoms with Crippen molar-refractivity contribution in [2.24, 2.45) is 0 Å². The second-order valence-electron chi connectivity index (χ2n) is 4.86. The summed E-state index contributed by atoms with van der Waals surface area (Å²) in [5.74, 6) is 1.40. The fourth-order valence-corrected chi connectivity index (χ4v) is 2.65. The molecule has 0 bridgehead atoms. The van der Waals surface area contributed by atoms with Gasteiger partial charge in [0.05, 0.1) is 6.61 Å². The highest BCUT2D eigenvalue weighted by molar-refractivity contribution is 5.43. The molecule has 1 aromatic carbocycles. The Kier molecular flexibility index (Phi) is 3.47. The number of nitrogens with one attached hydrogen (secondary N) is 1. The molecule has 3 rings (SSSR count). The fraction of sp³-hybridized carbons (Fsp3) is 0.312. The van der Waals surface area contributed by atoms with Crippen LogP contribution < -0.4 is 10.1 Å². The highest BCUT2D eigenvalue weighted by Gasteiger charge is 2.17. The van der Waals surface area contributed by atoms with E-state index in [-0.39, 0.29) is 0 Å². The Bertz CT molecular complexity index is 554. The minimum absolute atomic E-state index is 0.360. The van der Waals surface area contributed by atoms with Crippen molar-refractivity contribution in [3.63, 3.8) is 0 Å². The molecule has 3 heteroatoms. The molecular weight excluding hydrogens is 236 g/mol. The minimum atomic E-state index is 0.360. The lowest BCUT2D eigenvalue weighted by Crippen LogP contribution is -2.18. The second kappa shape index (κ2) is 5.41. The Balaban J connectivity index is 1.96. The summed E-state index contributed by atoms with van der Waals surface area (Å²) in [6.45, 7) is 1.73. The lowest BCUT2D eigenvalue weighted by Gasteiger charge is -2.18. The average molecular weight is 254 g/mol. The summed E-state index contributed by atoms with van der Waals surface area (Å²) < 4.78 is 5.57. The summed E-state index contributed by atoms with van der Waals surface area (Å²) in [6.07, 6.45) is 4.73. The van der Waals surface area contributed by atoms with Crippen LogP contribution in [0.1, 0.15) is 22.6 Å². The van der Waals surface area contributed by atoms with Crippen LogP contribution >= 0.6 is 0 Å².